The average Bonchev–Trinajstić information content (AvgIpc) is 3.15. The molecule has 2 aromatic rings. The summed E-state index contributed by atoms with van der Waals surface area (Å²) in [6, 6.07) is 2.00. The van der Waals surface area contributed by atoms with Gasteiger partial charge in [0.2, 0.25) is 0 Å². The van der Waals surface area contributed by atoms with Gasteiger partial charge in [0.15, 0.2) is 0 Å². The zero-order chi connectivity index (χ0) is 16.9. The second kappa shape index (κ2) is 7.87. The number of thiazole rings is 1. The summed E-state index contributed by atoms with van der Waals surface area (Å²) in [5.74, 6) is 0.0552. The van der Waals surface area contributed by atoms with E-state index in [9.17, 15) is 4.79 Å². The molecular weight excluding hydrogens is 324 g/mol. The van der Waals surface area contributed by atoms with Crippen molar-refractivity contribution >= 4 is 17.2 Å². The zero-order valence-corrected chi connectivity index (χ0v) is 15.1. The summed E-state index contributed by atoms with van der Waals surface area (Å²) in [4.78, 5) is 23.5. The molecule has 24 heavy (non-hydrogen) atoms. The van der Waals surface area contributed by atoms with Gasteiger partial charge in [-0.3, -0.25) is 14.8 Å². The molecule has 3 rings (SSSR count). The highest BCUT2D eigenvalue weighted by Gasteiger charge is 2.22. The van der Waals surface area contributed by atoms with E-state index < -0.39 is 0 Å². The molecule has 1 aliphatic heterocycles. The Morgan fingerprint density at radius 2 is 2.21 bits per heavy atom. The lowest BCUT2D eigenvalue weighted by Gasteiger charge is -2.21. The lowest BCUT2D eigenvalue weighted by atomic mass is 10.3. The van der Waals surface area contributed by atoms with Gasteiger partial charge in [-0.15, -0.1) is 11.3 Å². The number of aromatic amines is 1. The molecule has 0 radical (unpaired) electrons. The lowest BCUT2D eigenvalue weighted by Crippen LogP contribution is -2.35. The van der Waals surface area contributed by atoms with Crippen LogP contribution in [0.5, 0.6) is 0 Å². The number of aromatic nitrogens is 3. The average molecular weight is 348 g/mol. The van der Waals surface area contributed by atoms with Crippen molar-refractivity contribution < 1.29 is 4.79 Å². The molecule has 0 aromatic carbocycles. The summed E-state index contributed by atoms with van der Waals surface area (Å²) in [6.07, 6.45) is 2.76. The molecule has 1 fully saturated rings. The van der Waals surface area contributed by atoms with Crippen molar-refractivity contribution in [3.05, 3.63) is 34.0 Å². The van der Waals surface area contributed by atoms with Gasteiger partial charge in [-0.2, -0.15) is 5.10 Å². The maximum absolute atomic E-state index is 12.7. The molecule has 0 spiro atoms. The first-order valence-electron chi connectivity index (χ1n) is 8.21. The van der Waals surface area contributed by atoms with Crippen LogP contribution in [0.4, 0.5) is 0 Å². The van der Waals surface area contributed by atoms with E-state index in [0.29, 0.717) is 5.69 Å². The van der Waals surface area contributed by atoms with Gasteiger partial charge in [0.05, 0.1) is 0 Å². The van der Waals surface area contributed by atoms with Gasteiger partial charge in [-0.25, -0.2) is 4.98 Å². The van der Waals surface area contributed by atoms with E-state index in [4.69, 9.17) is 0 Å². The van der Waals surface area contributed by atoms with Crippen LogP contribution in [-0.4, -0.2) is 76.1 Å². The molecule has 7 nitrogen and oxygen atoms in total. The Morgan fingerprint density at radius 1 is 1.33 bits per heavy atom. The van der Waals surface area contributed by atoms with Crippen LogP contribution in [0.15, 0.2) is 17.6 Å². The van der Waals surface area contributed by atoms with Crippen LogP contribution in [0.2, 0.25) is 0 Å². The quantitative estimate of drug-likeness (QED) is 0.881. The van der Waals surface area contributed by atoms with Crippen LogP contribution in [-0.2, 0) is 13.1 Å². The van der Waals surface area contributed by atoms with Crippen LogP contribution in [0.25, 0.3) is 0 Å². The van der Waals surface area contributed by atoms with Gasteiger partial charge in [0, 0.05) is 56.5 Å². The van der Waals surface area contributed by atoms with Crippen molar-refractivity contribution in [1.29, 1.82) is 0 Å². The standard InChI is InChI=1S/C16H24N6OS/c1-20(2)11-15-18-14(12-24-15)16(23)22-7-3-6-21(8-9-22)10-13-4-5-17-19-13/h4-5,12H,3,6-11H2,1-2H3,(H,17,19). The Kier molecular flexibility index (Phi) is 5.60. The molecule has 0 bridgehead atoms. The van der Waals surface area contributed by atoms with E-state index in [2.05, 4.69) is 25.0 Å². The fraction of sp³-hybridized carbons (Fsp3) is 0.562. The fourth-order valence-corrected chi connectivity index (χ4v) is 3.75. The minimum atomic E-state index is 0.0552. The van der Waals surface area contributed by atoms with Crippen molar-refractivity contribution in [2.75, 3.05) is 40.3 Å². The molecule has 0 saturated carbocycles. The predicted octanol–water partition coefficient (Wildman–Crippen LogP) is 1.28. The SMILES string of the molecule is CN(C)Cc1nc(C(=O)N2CCCN(Cc3ccn[nH]3)CC2)cs1. The third-order valence-electron chi connectivity index (χ3n) is 4.05. The van der Waals surface area contributed by atoms with E-state index in [1.54, 1.807) is 17.5 Å². The number of carbonyl (C=O) groups excluding carboxylic acids is 1. The summed E-state index contributed by atoms with van der Waals surface area (Å²) < 4.78 is 0. The molecule has 1 amide bonds. The Morgan fingerprint density at radius 3 is 2.96 bits per heavy atom. The Balaban J connectivity index is 1.57. The summed E-state index contributed by atoms with van der Waals surface area (Å²) in [7, 11) is 4.01. The number of nitrogens with one attached hydrogen (secondary N) is 1. The Bertz CT molecular complexity index is 653. The Labute approximate surface area is 146 Å². The molecule has 0 aliphatic carbocycles. The van der Waals surface area contributed by atoms with Crippen LogP contribution in [0.3, 0.4) is 0 Å². The number of amides is 1. The largest absolute Gasteiger partial charge is 0.336 e. The lowest BCUT2D eigenvalue weighted by molar-refractivity contribution is 0.0755. The van der Waals surface area contributed by atoms with E-state index in [0.717, 1.165) is 56.4 Å². The zero-order valence-electron chi connectivity index (χ0n) is 14.2. The van der Waals surface area contributed by atoms with Gasteiger partial charge in [0.25, 0.3) is 5.91 Å². The second-order valence-electron chi connectivity index (χ2n) is 6.37. The first-order valence-corrected chi connectivity index (χ1v) is 9.09. The third kappa shape index (κ3) is 4.40. The third-order valence-corrected chi connectivity index (χ3v) is 4.88. The molecule has 1 aliphatic rings. The highest BCUT2D eigenvalue weighted by atomic mass is 32.1. The summed E-state index contributed by atoms with van der Waals surface area (Å²) in [5.41, 5.74) is 1.70. The molecule has 1 saturated heterocycles. The monoisotopic (exact) mass is 348 g/mol. The summed E-state index contributed by atoms with van der Waals surface area (Å²) >= 11 is 1.56. The van der Waals surface area contributed by atoms with E-state index >= 15 is 0 Å². The van der Waals surface area contributed by atoms with Crippen LogP contribution in [0.1, 0.15) is 27.6 Å². The minimum absolute atomic E-state index is 0.0552. The first kappa shape index (κ1) is 17.1. The number of hydrogen-bond acceptors (Lipinski definition) is 6. The summed E-state index contributed by atoms with van der Waals surface area (Å²) in [6.45, 7) is 5.03. The fourth-order valence-electron chi connectivity index (χ4n) is 2.86. The van der Waals surface area contributed by atoms with E-state index in [1.807, 2.05) is 30.4 Å². The molecule has 3 heterocycles. The molecular formula is C16H24N6OS. The molecule has 1 N–H and O–H groups in total. The highest BCUT2D eigenvalue weighted by Crippen LogP contribution is 2.15. The molecule has 0 atom stereocenters. The maximum atomic E-state index is 12.7. The van der Waals surface area contributed by atoms with Crippen molar-refractivity contribution in [1.82, 2.24) is 29.9 Å². The number of nitrogens with zero attached hydrogens (tertiary/aromatic N) is 5. The number of H-pyrrole nitrogens is 1. The van der Waals surface area contributed by atoms with Crippen molar-refractivity contribution in [3.63, 3.8) is 0 Å². The Hall–Kier alpha value is -1.77. The van der Waals surface area contributed by atoms with Crippen LogP contribution >= 0.6 is 11.3 Å². The first-order chi connectivity index (χ1) is 11.6. The number of rotatable bonds is 5. The van der Waals surface area contributed by atoms with Crippen LogP contribution < -0.4 is 0 Å². The van der Waals surface area contributed by atoms with E-state index in [1.165, 1.54) is 0 Å². The second-order valence-corrected chi connectivity index (χ2v) is 7.31. The van der Waals surface area contributed by atoms with E-state index in [-0.39, 0.29) is 5.91 Å². The van der Waals surface area contributed by atoms with Crippen molar-refractivity contribution in [2.45, 2.75) is 19.5 Å². The topological polar surface area (TPSA) is 68.4 Å². The van der Waals surface area contributed by atoms with Gasteiger partial charge in [0.1, 0.15) is 10.7 Å². The molecule has 130 valence electrons. The smallest absolute Gasteiger partial charge is 0.273 e. The maximum Gasteiger partial charge on any atom is 0.273 e. The normalized spacial score (nSPS) is 16.5. The number of carbonyl (C=O) groups is 1. The van der Waals surface area contributed by atoms with Gasteiger partial charge >= 0.3 is 0 Å². The minimum Gasteiger partial charge on any atom is -0.336 e. The molecule has 8 heteroatoms. The van der Waals surface area contributed by atoms with Gasteiger partial charge in [-0.05, 0) is 26.6 Å². The molecule has 0 unspecified atom stereocenters. The molecule has 2 aromatic heterocycles. The van der Waals surface area contributed by atoms with Crippen LogP contribution in [0, 0.1) is 0 Å². The van der Waals surface area contributed by atoms with Crippen molar-refractivity contribution in [3.8, 4) is 0 Å². The summed E-state index contributed by atoms with van der Waals surface area (Å²) in [5, 5.41) is 9.86. The predicted molar refractivity (Wildman–Crippen MR) is 93.9 cm³/mol. The van der Waals surface area contributed by atoms with Crippen molar-refractivity contribution in [2.24, 2.45) is 0 Å². The highest BCUT2D eigenvalue weighted by molar-refractivity contribution is 7.09. The van der Waals surface area contributed by atoms with Gasteiger partial charge < -0.3 is 9.80 Å². The number of hydrogen-bond donors (Lipinski definition) is 1. The van der Waals surface area contributed by atoms with Gasteiger partial charge in [-0.1, -0.05) is 0 Å².